The van der Waals surface area contributed by atoms with Crippen molar-refractivity contribution >= 4 is 5.82 Å². The van der Waals surface area contributed by atoms with Gasteiger partial charge < -0.3 is 10.6 Å². The molecule has 0 amide bonds. The van der Waals surface area contributed by atoms with Crippen molar-refractivity contribution in [1.29, 1.82) is 0 Å². The molecule has 0 unspecified atom stereocenters. The van der Waals surface area contributed by atoms with Gasteiger partial charge in [0.15, 0.2) is 0 Å². The lowest BCUT2D eigenvalue weighted by Gasteiger charge is -2.34. The van der Waals surface area contributed by atoms with Crippen molar-refractivity contribution < 1.29 is 0 Å². The fourth-order valence-electron chi connectivity index (χ4n) is 2.31. The molecular formula is C12H21N5O2. The minimum Gasteiger partial charge on any atom is -0.363 e. The van der Waals surface area contributed by atoms with Crippen LogP contribution in [0.3, 0.4) is 0 Å². The number of aryl methyl sites for hydroxylation is 1. The van der Waals surface area contributed by atoms with E-state index in [1.807, 2.05) is 0 Å². The first kappa shape index (κ1) is 13.8. The lowest BCUT2D eigenvalue weighted by molar-refractivity contribution is 0.247. The molecule has 7 nitrogen and oxygen atoms in total. The smallest absolute Gasteiger partial charge is 0.346 e. The molecule has 0 radical (unpaired) electrons. The van der Waals surface area contributed by atoms with Crippen molar-refractivity contribution in [3.63, 3.8) is 0 Å². The predicted octanol–water partition coefficient (Wildman–Crippen LogP) is -0.719. The van der Waals surface area contributed by atoms with E-state index in [2.05, 4.69) is 22.7 Å². The first-order valence-corrected chi connectivity index (χ1v) is 6.52. The Bertz CT molecular complexity index is 568. The van der Waals surface area contributed by atoms with E-state index in [0.29, 0.717) is 6.54 Å². The molecule has 0 bridgehead atoms. The summed E-state index contributed by atoms with van der Waals surface area (Å²) in [4.78, 5) is 23.5. The number of nitrogens with one attached hydrogen (secondary N) is 2. The van der Waals surface area contributed by atoms with Crippen LogP contribution in [0.2, 0.25) is 0 Å². The lowest BCUT2D eigenvalue weighted by atomic mass is 9.81. The molecule has 19 heavy (non-hydrogen) atoms. The molecule has 2 heterocycles. The van der Waals surface area contributed by atoms with Crippen molar-refractivity contribution in [3.05, 3.63) is 20.8 Å². The summed E-state index contributed by atoms with van der Waals surface area (Å²) in [5, 5.41) is 10.4. The molecule has 7 heteroatoms. The van der Waals surface area contributed by atoms with Crippen molar-refractivity contribution in [2.75, 3.05) is 25.0 Å². The fraction of sp³-hybridized carbons (Fsp3) is 0.750. The van der Waals surface area contributed by atoms with Gasteiger partial charge in [0.2, 0.25) is 5.82 Å². The number of piperidine rings is 1. The molecule has 106 valence electrons. The number of hydrogen-bond donors (Lipinski definition) is 2. The molecule has 0 atom stereocenters. The summed E-state index contributed by atoms with van der Waals surface area (Å²) >= 11 is 0. The van der Waals surface area contributed by atoms with E-state index in [4.69, 9.17) is 0 Å². The number of aromatic nitrogens is 3. The molecule has 0 saturated carbocycles. The Morgan fingerprint density at radius 3 is 2.58 bits per heavy atom. The predicted molar refractivity (Wildman–Crippen MR) is 73.4 cm³/mol. The van der Waals surface area contributed by atoms with Gasteiger partial charge in [-0.3, -0.25) is 9.36 Å². The average Bonchev–Trinajstić information content (AvgIpc) is 2.40. The summed E-state index contributed by atoms with van der Waals surface area (Å²) < 4.78 is 2.24. The number of hydrogen-bond acceptors (Lipinski definition) is 5. The highest BCUT2D eigenvalue weighted by molar-refractivity contribution is 5.29. The largest absolute Gasteiger partial charge is 0.363 e. The van der Waals surface area contributed by atoms with Gasteiger partial charge in [-0.15, -0.1) is 5.10 Å². The van der Waals surface area contributed by atoms with Crippen molar-refractivity contribution in [1.82, 2.24) is 19.7 Å². The van der Waals surface area contributed by atoms with Gasteiger partial charge in [0.25, 0.3) is 5.56 Å². The highest BCUT2D eigenvalue weighted by atomic mass is 16.2. The van der Waals surface area contributed by atoms with Gasteiger partial charge in [0.1, 0.15) is 0 Å². The van der Waals surface area contributed by atoms with Crippen LogP contribution in [0.25, 0.3) is 0 Å². The van der Waals surface area contributed by atoms with Crippen molar-refractivity contribution in [3.8, 4) is 0 Å². The third-order valence-corrected chi connectivity index (χ3v) is 3.81. The summed E-state index contributed by atoms with van der Waals surface area (Å²) in [6.07, 6.45) is 2.12. The van der Waals surface area contributed by atoms with E-state index >= 15 is 0 Å². The molecule has 1 aliphatic rings. The molecular weight excluding hydrogens is 246 g/mol. The average molecular weight is 267 g/mol. The minimum absolute atomic E-state index is 0.159. The fourth-order valence-corrected chi connectivity index (χ4v) is 2.31. The summed E-state index contributed by atoms with van der Waals surface area (Å²) in [7, 11) is 3.00. The Hall–Kier alpha value is -1.63. The number of anilines is 1. The molecule has 0 aliphatic carbocycles. The monoisotopic (exact) mass is 267 g/mol. The second-order valence-corrected chi connectivity index (χ2v) is 5.53. The maximum atomic E-state index is 11.9. The van der Waals surface area contributed by atoms with E-state index in [0.717, 1.165) is 30.5 Å². The topological polar surface area (TPSA) is 81.0 Å². The summed E-state index contributed by atoms with van der Waals surface area (Å²) in [6.45, 7) is 4.89. The Morgan fingerprint density at radius 1 is 1.32 bits per heavy atom. The van der Waals surface area contributed by atoms with E-state index in [-0.39, 0.29) is 16.8 Å². The van der Waals surface area contributed by atoms with Gasteiger partial charge in [0, 0.05) is 20.6 Å². The van der Waals surface area contributed by atoms with Crippen LogP contribution < -0.4 is 21.9 Å². The molecule has 2 rings (SSSR count). The van der Waals surface area contributed by atoms with Crippen LogP contribution in [0.4, 0.5) is 5.82 Å². The van der Waals surface area contributed by atoms with Gasteiger partial charge in [0.05, 0.1) is 0 Å². The zero-order valence-corrected chi connectivity index (χ0v) is 11.7. The normalized spacial score (nSPS) is 18.3. The lowest BCUT2D eigenvalue weighted by Crippen LogP contribution is -2.43. The summed E-state index contributed by atoms with van der Waals surface area (Å²) in [5.74, 6) is 0.240. The highest BCUT2D eigenvalue weighted by Crippen LogP contribution is 2.27. The zero-order valence-electron chi connectivity index (χ0n) is 11.7. The third kappa shape index (κ3) is 2.86. The summed E-state index contributed by atoms with van der Waals surface area (Å²) in [5.41, 5.74) is -0.628. The second kappa shape index (κ2) is 5.16. The Balaban J connectivity index is 2.16. The Labute approximate surface area is 111 Å². The first-order valence-electron chi connectivity index (χ1n) is 6.52. The van der Waals surface area contributed by atoms with Gasteiger partial charge in [-0.2, -0.15) is 0 Å². The Kier molecular flexibility index (Phi) is 3.75. The van der Waals surface area contributed by atoms with Gasteiger partial charge in [-0.25, -0.2) is 9.48 Å². The highest BCUT2D eigenvalue weighted by Gasteiger charge is 2.27. The van der Waals surface area contributed by atoms with Gasteiger partial charge >= 0.3 is 5.69 Å². The summed E-state index contributed by atoms with van der Waals surface area (Å²) in [6, 6.07) is 0. The quantitative estimate of drug-likeness (QED) is 0.755. The standard InChI is InChI=1S/C12H21N5O2/c1-12(4-6-13-7-5-12)8-14-9-10(18)16(2)11(19)17(3)15-9/h13H,4-8H2,1-3H3,(H,14,15). The van der Waals surface area contributed by atoms with Crippen LogP contribution in [0.5, 0.6) is 0 Å². The SMILES string of the molecule is Cn1nc(NCC2(C)CCNCC2)c(=O)n(C)c1=O. The van der Waals surface area contributed by atoms with E-state index in [9.17, 15) is 9.59 Å². The molecule has 2 N–H and O–H groups in total. The molecule has 1 aromatic heterocycles. The number of rotatable bonds is 3. The van der Waals surface area contributed by atoms with Crippen LogP contribution in [-0.4, -0.2) is 34.0 Å². The maximum Gasteiger partial charge on any atom is 0.346 e. The van der Waals surface area contributed by atoms with Crippen LogP contribution in [0.15, 0.2) is 9.59 Å². The molecule has 0 aromatic carbocycles. The minimum atomic E-state index is -0.413. The Morgan fingerprint density at radius 2 is 1.95 bits per heavy atom. The third-order valence-electron chi connectivity index (χ3n) is 3.81. The van der Waals surface area contributed by atoms with E-state index in [1.54, 1.807) is 7.05 Å². The van der Waals surface area contributed by atoms with Crippen molar-refractivity contribution in [2.24, 2.45) is 19.5 Å². The van der Waals surface area contributed by atoms with Crippen LogP contribution in [0, 0.1) is 5.41 Å². The van der Waals surface area contributed by atoms with Crippen LogP contribution in [-0.2, 0) is 14.1 Å². The van der Waals surface area contributed by atoms with Gasteiger partial charge in [-0.05, 0) is 31.3 Å². The molecule has 1 saturated heterocycles. The number of nitrogens with zero attached hydrogens (tertiary/aromatic N) is 3. The van der Waals surface area contributed by atoms with E-state index < -0.39 is 5.69 Å². The van der Waals surface area contributed by atoms with Crippen LogP contribution in [0.1, 0.15) is 19.8 Å². The zero-order chi connectivity index (χ0) is 14.0. The van der Waals surface area contributed by atoms with Crippen molar-refractivity contribution in [2.45, 2.75) is 19.8 Å². The van der Waals surface area contributed by atoms with E-state index in [1.165, 1.54) is 11.7 Å². The van der Waals surface area contributed by atoms with Gasteiger partial charge in [-0.1, -0.05) is 6.92 Å². The molecule has 1 aliphatic heterocycles. The first-order chi connectivity index (χ1) is 8.93. The second-order valence-electron chi connectivity index (χ2n) is 5.53. The van der Waals surface area contributed by atoms with Crippen LogP contribution >= 0.6 is 0 Å². The molecule has 1 aromatic rings. The molecule has 1 fully saturated rings. The molecule has 0 spiro atoms. The maximum absolute atomic E-state index is 11.9.